The van der Waals surface area contributed by atoms with E-state index in [9.17, 15) is 18.0 Å². The number of anilines is 1. The Hall–Kier alpha value is -3.85. The van der Waals surface area contributed by atoms with Crippen LogP contribution in [-0.4, -0.2) is 43.8 Å². The monoisotopic (exact) mass is 691 g/mol. The van der Waals surface area contributed by atoms with E-state index < -0.39 is 28.5 Å². The largest absolute Gasteiger partial charge is 0.352 e. The number of amides is 2. The predicted molar refractivity (Wildman–Crippen MR) is 188 cm³/mol. The number of rotatable bonds is 12. The van der Waals surface area contributed by atoms with Gasteiger partial charge >= 0.3 is 0 Å². The zero-order valence-corrected chi connectivity index (χ0v) is 28.6. The molecule has 246 valence electrons. The molecule has 2 amide bonds. The molecule has 0 aliphatic heterocycles. The van der Waals surface area contributed by atoms with E-state index in [-0.39, 0.29) is 29.8 Å². The molecule has 0 heterocycles. The molecular formula is C37H39Cl2N3O4S. The Morgan fingerprint density at radius 1 is 0.809 bits per heavy atom. The summed E-state index contributed by atoms with van der Waals surface area (Å²) in [7, 11) is -4.18. The third kappa shape index (κ3) is 8.74. The SMILES string of the molecule is Cc1ccc(N(CC(=O)N(Cc2c(Cl)cccc2Cl)[C@H](Cc2ccccc2)C(=O)NC2CCCCC2)S(=O)(=O)c2ccccc2)cc1. The molecule has 47 heavy (non-hydrogen) atoms. The lowest BCUT2D eigenvalue weighted by Crippen LogP contribution is -2.55. The molecule has 0 saturated heterocycles. The number of carbonyl (C=O) groups excluding carboxylic acids is 2. The quantitative estimate of drug-likeness (QED) is 0.166. The van der Waals surface area contributed by atoms with Gasteiger partial charge in [0.15, 0.2) is 0 Å². The molecule has 1 aliphatic carbocycles. The lowest BCUT2D eigenvalue weighted by Gasteiger charge is -2.35. The molecule has 4 aromatic rings. The van der Waals surface area contributed by atoms with Crippen LogP contribution in [0.2, 0.25) is 10.0 Å². The van der Waals surface area contributed by atoms with E-state index in [0.717, 1.165) is 47.5 Å². The number of nitrogens with zero attached hydrogens (tertiary/aromatic N) is 2. The van der Waals surface area contributed by atoms with Crippen LogP contribution in [0.25, 0.3) is 0 Å². The van der Waals surface area contributed by atoms with Crippen molar-refractivity contribution in [1.82, 2.24) is 10.2 Å². The van der Waals surface area contributed by atoms with Crippen LogP contribution in [0.3, 0.4) is 0 Å². The molecule has 0 bridgehead atoms. The number of hydrogen-bond acceptors (Lipinski definition) is 4. The molecule has 0 aromatic heterocycles. The maximum atomic E-state index is 14.7. The summed E-state index contributed by atoms with van der Waals surface area (Å²) in [5, 5.41) is 3.89. The Labute approximate surface area is 287 Å². The van der Waals surface area contributed by atoms with Crippen molar-refractivity contribution in [2.45, 2.75) is 69.0 Å². The van der Waals surface area contributed by atoms with E-state index in [2.05, 4.69) is 5.32 Å². The lowest BCUT2D eigenvalue weighted by atomic mass is 9.94. The molecule has 1 atom stereocenters. The molecular weight excluding hydrogens is 653 g/mol. The highest BCUT2D eigenvalue weighted by Gasteiger charge is 2.36. The van der Waals surface area contributed by atoms with Gasteiger partial charge in [-0.3, -0.25) is 13.9 Å². The first kappa shape index (κ1) is 34.5. The van der Waals surface area contributed by atoms with Gasteiger partial charge in [-0.1, -0.05) is 115 Å². The lowest BCUT2D eigenvalue weighted by molar-refractivity contribution is -0.140. The molecule has 1 N–H and O–H groups in total. The second-order valence-electron chi connectivity index (χ2n) is 11.9. The van der Waals surface area contributed by atoms with Crippen molar-refractivity contribution in [3.63, 3.8) is 0 Å². The minimum atomic E-state index is -4.18. The van der Waals surface area contributed by atoms with Crippen molar-refractivity contribution in [2.75, 3.05) is 10.8 Å². The van der Waals surface area contributed by atoms with Crippen molar-refractivity contribution in [1.29, 1.82) is 0 Å². The summed E-state index contributed by atoms with van der Waals surface area (Å²) in [6, 6.07) is 28.5. The highest BCUT2D eigenvalue weighted by molar-refractivity contribution is 7.92. The fourth-order valence-corrected chi connectivity index (χ4v) is 7.86. The number of hydrogen-bond donors (Lipinski definition) is 1. The molecule has 1 fully saturated rings. The predicted octanol–water partition coefficient (Wildman–Crippen LogP) is 7.59. The second-order valence-corrected chi connectivity index (χ2v) is 14.6. The smallest absolute Gasteiger partial charge is 0.264 e. The molecule has 10 heteroatoms. The van der Waals surface area contributed by atoms with Crippen LogP contribution in [0.1, 0.15) is 48.8 Å². The van der Waals surface area contributed by atoms with Gasteiger partial charge in [0.25, 0.3) is 10.0 Å². The minimum Gasteiger partial charge on any atom is -0.352 e. The maximum absolute atomic E-state index is 14.7. The summed E-state index contributed by atoms with van der Waals surface area (Å²) in [6.07, 6.45) is 5.11. The zero-order valence-electron chi connectivity index (χ0n) is 26.3. The number of sulfonamides is 1. The highest BCUT2D eigenvalue weighted by atomic mass is 35.5. The van der Waals surface area contributed by atoms with E-state index in [1.165, 1.54) is 17.0 Å². The van der Waals surface area contributed by atoms with Gasteiger partial charge in [-0.05, 0) is 61.7 Å². The summed E-state index contributed by atoms with van der Waals surface area (Å²) < 4.78 is 29.4. The van der Waals surface area contributed by atoms with E-state index in [0.29, 0.717) is 21.3 Å². The Kier molecular flexibility index (Phi) is 11.6. The van der Waals surface area contributed by atoms with Gasteiger partial charge in [-0.25, -0.2) is 8.42 Å². The van der Waals surface area contributed by atoms with Crippen molar-refractivity contribution in [2.24, 2.45) is 0 Å². The average molecular weight is 693 g/mol. The Morgan fingerprint density at radius 2 is 1.40 bits per heavy atom. The van der Waals surface area contributed by atoms with E-state index in [1.807, 2.05) is 37.3 Å². The maximum Gasteiger partial charge on any atom is 0.264 e. The molecule has 4 aromatic carbocycles. The number of carbonyl (C=O) groups is 2. The van der Waals surface area contributed by atoms with Crippen molar-refractivity contribution in [3.8, 4) is 0 Å². The first-order valence-electron chi connectivity index (χ1n) is 15.8. The summed E-state index contributed by atoms with van der Waals surface area (Å²) >= 11 is 13.2. The van der Waals surface area contributed by atoms with E-state index in [1.54, 1.807) is 60.7 Å². The van der Waals surface area contributed by atoms with Gasteiger partial charge in [0, 0.05) is 34.6 Å². The Bertz CT molecular complexity index is 1740. The molecule has 1 aliphatic rings. The minimum absolute atomic E-state index is 0.00195. The van der Waals surface area contributed by atoms with Crippen LogP contribution in [0.15, 0.2) is 108 Å². The summed E-state index contributed by atoms with van der Waals surface area (Å²) in [5.41, 5.74) is 2.59. The Morgan fingerprint density at radius 3 is 2.02 bits per heavy atom. The van der Waals surface area contributed by atoms with Crippen molar-refractivity contribution < 1.29 is 18.0 Å². The van der Waals surface area contributed by atoms with Crippen LogP contribution in [-0.2, 0) is 32.6 Å². The van der Waals surface area contributed by atoms with Gasteiger partial charge in [-0.2, -0.15) is 0 Å². The molecule has 0 unspecified atom stereocenters. The highest BCUT2D eigenvalue weighted by Crippen LogP contribution is 2.29. The normalized spacial score (nSPS) is 14.3. The van der Waals surface area contributed by atoms with Gasteiger partial charge in [0.1, 0.15) is 12.6 Å². The Balaban J connectivity index is 1.58. The average Bonchev–Trinajstić information content (AvgIpc) is 3.08. The summed E-state index contributed by atoms with van der Waals surface area (Å²) in [4.78, 5) is 30.4. The third-order valence-corrected chi connectivity index (χ3v) is 11.0. The van der Waals surface area contributed by atoms with Crippen LogP contribution >= 0.6 is 23.2 Å². The summed E-state index contributed by atoms with van der Waals surface area (Å²) in [5.74, 6) is -0.870. The third-order valence-electron chi connectivity index (χ3n) is 8.54. The van der Waals surface area contributed by atoms with Crippen LogP contribution in [0.5, 0.6) is 0 Å². The first-order chi connectivity index (χ1) is 22.6. The number of halogens is 2. The second kappa shape index (κ2) is 15.8. The number of aryl methyl sites for hydroxylation is 1. The molecule has 1 saturated carbocycles. The van der Waals surface area contributed by atoms with Crippen molar-refractivity contribution in [3.05, 3.63) is 130 Å². The molecule has 0 radical (unpaired) electrons. The standard InChI is InChI=1S/C37H39Cl2N3O4S/c1-27-20-22-30(23-21-27)42(47(45,46)31-16-9-4-10-17-31)26-36(43)41(25-32-33(38)18-11-19-34(32)39)35(24-28-12-5-2-6-13-28)37(44)40-29-14-7-3-8-15-29/h2,4-6,9-13,16-23,29,35H,3,7-8,14-15,24-26H2,1H3,(H,40,44)/t35-/m1/s1. The van der Waals surface area contributed by atoms with E-state index >= 15 is 0 Å². The van der Waals surface area contributed by atoms with E-state index in [4.69, 9.17) is 23.2 Å². The number of benzene rings is 4. The molecule has 5 rings (SSSR count). The first-order valence-corrected chi connectivity index (χ1v) is 18.0. The van der Waals surface area contributed by atoms with Crippen LogP contribution in [0, 0.1) is 6.92 Å². The van der Waals surface area contributed by atoms with Gasteiger partial charge in [-0.15, -0.1) is 0 Å². The number of nitrogens with one attached hydrogen (secondary N) is 1. The van der Waals surface area contributed by atoms with Crippen LogP contribution < -0.4 is 9.62 Å². The zero-order chi connectivity index (χ0) is 33.4. The van der Waals surface area contributed by atoms with Gasteiger partial charge in [0.2, 0.25) is 11.8 Å². The van der Waals surface area contributed by atoms with Gasteiger partial charge in [0.05, 0.1) is 10.6 Å². The molecule has 7 nitrogen and oxygen atoms in total. The fourth-order valence-electron chi connectivity index (χ4n) is 5.91. The van der Waals surface area contributed by atoms with Crippen molar-refractivity contribution >= 4 is 50.7 Å². The topological polar surface area (TPSA) is 86.8 Å². The fraction of sp³-hybridized carbons (Fsp3) is 0.297. The molecule has 0 spiro atoms. The van der Waals surface area contributed by atoms with Gasteiger partial charge < -0.3 is 10.2 Å². The summed E-state index contributed by atoms with van der Waals surface area (Å²) in [6.45, 7) is 1.25. The van der Waals surface area contributed by atoms with Crippen LogP contribution in [0.4, 0.5) is 5.69 Å².